The number of benzene rings is 2. The Kier molecular flexibility index (Phi) is 6.82. The fourth-order valence-electron chi connectivity index (χ4n) is 3.71. The van der Waals surface area contributed by atoms with Crippen molar-refractivity contribution in [3.63, 3.8) is 0 Å². The van der Waals surface area contributed by atoms with Gasteiger partial charge in [-0.1, -0.05) is 30.3 Å². The summed E-state index contributed by atoms with van der Waals surface area (Å²) in [6, 6.07) is 11.7. The van der Waals surface area contributed by atoms with Gasteiger partial charge in [-0.3, -0.25) is 14.8 Å². The van der Waals surface area contributed by atoms with Crippen molar-refractivity contribution < 1.29 is 28.2 Å². The Hall–Kier alpha value is -3.81. The van der Waals surface area contributed by atoms with Crippen molar-refractivity contribution >= 4 is 11.9 Å². The van der Waals surface area contributed by atoms with Gasteiger partial charge in [0.05, 0.1) is 30.6 Å². The van der Waals surface area contributed by atoms with Gasteiger partial charge in [-0.05, 0) is 38.8 Å². The molecule has 0 spiro atoms. The highest BCUT2D eigenvalue weighted by Crippen LogP contribution is 2.47. The molecule has 1 saturated carbocycles. The van der Waals surface area contributed by atoms with E-state index in [0.717, 1.165) is 11.6 Å². The Morgan fingerprint density at radius 1 is 1.09 bits per heavy atom. The number of esters is 2. The number of carbonyl (C=O) groups is 2. The molecule has 182 valence electrons. The second-order valence-electron chi connectivity index (χ2n) is 9.40. The summed E-state index contributed by atoms with van der Waals surface area (Å²) >= 11 is 0. The molecule has 2 atom stereocenters. The minimum absolute atomic E-state index is 0.0621. The number of hydrogen-bond acceptors (Lipinski definition) is 7. The van der Waals surface area contributed by atoms with Gasteiger partial charge in [-0.2, -0.15) is 0 Å². The number of rotatable bonds is 7. The molecular formula is C27H27FN2O5. The molecule has 1 unspecified atom stereocenters. The fraction of sp³-hybridized carbons (Fsp3) is 0.333. The van der Waals surface area contributed by atoms with E-state index in [2.05, 4.69) is 9.97 Å². The van der Waals surface area contributed by atoms with Crippen molar-refractivity contribution in [2.24, 2.45) is 5.92 Å². The molecule has 0 radical (unpaired) electrons. The summed E-state index contributed by atoms with van der Waals surface area (Å²) < 4.78 is 30.9. The highest BCUT2D eigenvalue weighted by atomic mass is 19.1. The van der Waals surface area contributed by atoms with Gasteiger partial charge in [-0.25, -0.2) is 9.18 Å². The predicted molar refractivity (Wildman–Crippen MR) is 126 cm³/mol. The number of halogens is 1. The Labute approximate surface area is 203 Å². The lowest BCUT2D eigenvalue weighted by Gasteiger charge is -2.19. The van der Waals surface area contributed by atoms with E-state index >= 15 is 0 Å². The van der Waals surface area contributed by atoms with Crippen LogP contribution in [0.3, 0.4) is 0 Å². The van der Waals surface area contributed by atoms with Crippen molar-refractivity contribution in [3.8, 4) is 17.0 Å². The second kappa shape index (κ2) is 9.82. The van der Waals surface area contributed by atoms with Crippen LogP contribution in [0.15, 0.2) is 54.9 Å². The number of nitrogens with zero attached hydrogens (tertiary/aromatic N) is 2. The van der Waals surface area contributed by atoms with E-state index in [1.54, 1.807) is 0 Å². The van der Waals surface area contributed by atoms with Crippen molar-refractivity contribution in [2.75, 3.05) is 7.11 Å². The lowest BCUT2D eigenvalue weighted by Crippen LogP contribution is -2.25. The first kappa shape index (κ1) is 24.3. The monoisotopic (exact) mass is 478 g/mol. The van der Waals surface area contributed by atoms with Crippen LogP contribution in [0.1, 0.15) is 54.7 Å². The van der Waals surface area contributed by atoms with E-state index in [9.17, 15) is 14.0 Å². The maximum Gasteiger partial charge on any atom is 0.342 e. The molecule has 4 rings (SSSR count). The first-order valence-corrected chi connectivity index (χ1v) is 11.3. The third-order valence-corrected chi connectivity index (χ3v) is 5.55. The van der Waals surface area contributed by atoms with Crippen LogP contribution in [0.5, 0.6) is 5.75 Å². The summed E-state index contributed by atoms with van der Waals surface area (Å²) in [5.41, 5.74) is 1.34. The molecule has 1 heterocycles. The fourth-order valence-corrected chi connectivity index (χ4v) is 3.71. The number of ether oxygens (including phenoxy) is 3. The SMILES string of the molecule is COc1cc(F)c(-c2cnc([C@H]3CC3C(=O)OC(C)(C)C)cn2)cc1C(=O)OCc1ccccc1. The van der Waals surface area contributed by atoms with Crippen LogP contribution in [-0.2, 0) is 20.9 Å². The maximum atomic E-state index is 14.9. The molecular weight excluding hydrogens is 451 g/mol. The molecule has 0 N–H and O–H groups in total. The summed E-state index contributed by atoms with van der Waals surface area (Å²) in [7, 11) is 1.35. The van der Waals surface area contributed by atoms with Crippen molar-refractivity contribution in [1.29, 1.82) is 0 Å². The molecule has 7 nitrogen and oxygen atoms in total. The van der Waals surface area contributed by atoms with Gasteiger partial charge < -0.3 is 14.2 Å². The number of methoxy groups -OCH3 is 1. The Morgan fingerprint density at radius 2 is 1.83 bits per heavy atom. The van der Waals surface area contributed by atoms with Crippen molar-refractivity contribution in [3.05, 3.63) is 77.5 Å². The second-order valence-corrected chi connectivity index (χ2v) is 9.40. The molecule has 8 heteroatoms. The predicted octanol–water partition coefficient (Wildman–Crippen LogP) is 5.09. The molecule has 1 fully saturated rings. The van der Waals surface area contributed by atoms with Gasteiger partial charge in [0.1, 0.15) is 29.3 Å². The van der Waals surface area contributed by atoms with Gasteiger partial charge in [0.25, 0.3) is 0 Å². The van der Waals surface area contributed by atoms with Crippen LogP contribution in [0.25, 0.3) is 11.3 Å². The zero-order valence-corrected chi connectivity index (χ0v) is 20.1. The molecule has 3 aromatic rings. The number of hydrogen-bond donors (Lipinski definition) is 0. The molecule has 1 aliphatic carbocycles. The van der Waals surface area contributed by atoms with Gasteiger partial charge in [0, 0.05) is 23.7 Å². The smallest absolute Gasteiger partial charge is 0.342 e. The number of aromatic nitrogens is 2. The minimum Gasteiger partial charge on any atom is -0.496 e. The highest BCUT2D eigenvalue weighted by Gasteiger charge is 2.47. The van der Waals surface area contributed by atoms with Crippen LogP contribution in [0, 0.1) is 11.7 Å². The van der Waals surface area contributed by atoms with Crippen LogP contribution < -0.4 is 4.74 Å². The summed E-state index contributed by atoms with van der Waals surface area (Å²) in [5.74, 6) is -1.77. The molecule has 0 bridgehead atoms. The lowest BCUT2D eigenvalue weighted by molar-refractivity contribution is -0.156. The first-order valence-electron chi connectivity index (χ1n) is 11.3. The van der Waals surface area contributed by atoms with Crippen LogP contribution in [-0.4, -0.2) is 34.6 Å². The van der Waals surface area contributed by atoms with Crippen molar-refractivity contribution in [2.45, 2.75) is 45.3 Å². The standard InChI is InChI=1S/C27H27FN2O5/c1-27(2,3)35-26(32)18-10-17(18)22-13-30-23(14-29-22)19-11-20(24(33-4)12-21(19)28)25(31)34-15-16-8-6-5-7-9-16/h5-9,11-14,17-18H,10,15H2,1-4H3/t17-,18?/m0/s1. The Bertz CT molecular complexity index is 1220. The summed E-state index contributed by atoms with van der Waals surface area (Å²) in [5, 5.41) is 0. The van der Waals surface area contributed by atoms with Crippen LogP contribution in [0.2, 0.25) is 0 Å². The molecule has 35 heavy (non-hydrogen) atoms. The summed E-state index contributed by atoms with van der Waals surface area (Å²) in [6.07, 6.45) is 3.60. The van der Waals surface area contributed by atoms with E-state index in [4.69, 9.17) is 14.2 Å². The molecule has 0 saturated heterocycles. The normalized spacial score (nSPS) is 16.9. The van der Waals surface area contributed by atoms with Crippen LogP contribution >= 0.6 is 0 Å². The quantitative estimate of drug-likeness (QED) is 0.437. The average molecular weight is 479 g/mol. The first-order chi connectivity index (χ1) is 16.7. The van der Waals surface area contributed by atoms with Crippen LogP contribution in [0.4, 0.5) is 4.39 Å². The zero-order chi connectivity index (χ0) is 25.2. The number of carbonyl (C=O) groups excluding carboxylic acids is 2. The van der Waals surface area contributed by atoms with E-state index in [1.165, 1.54) is 25.6 Å². The van der Waals surface area contributed by atoms with Gasteiger partial charge in [0.15, 0.2) is 0 Å². The van der Waals surface area contributed by atoms with E-state index in [1.807, 2.05) is 51.1 Å². The largest absolute Gasteiger partial charge is 0.496 e. The lowest BCUT2D eigenvalue weighted by atomic mass is 10.1. The summed E-state index contributed by atoms with van der Waals surface area (Å²) in [4.78, 5) is 33.7. The Morgan fingerprint density at radius 3 is 2.46 bits per heavy atom. The molecule has 1 aliphatic rings. The third kappa shape index (κ3) is 5.82. The van der Waals surface area contributed by atoms with E-state index in [0.29, 0.717) is 12.1 Å². The molecule has 0 amide bonds. The van der Waals surface area contributed by atoms with E-state index in [-0.39, 0.29) is 47.0 Å². The molecule has 1 aromatic heterocycles. The molecule has 0 aliphatic heterocycles. The third-order valence-electron chi connectivity index (χ3n) is 5.55. The van der Waals surface area contributed by atoms with Gasteiger partial charge in [0.2, 0.25) is 0 Å². The topological polar surface area (TPSA) is 87.6 Å². The maximum absolute atomic E-state index is 14.9. The van der Waals surface area contributed by atoms with Crippen molar-refractivity contribution in [1.82, 2.24) is 9.97 Å². The van der Waals surface area contributed by atoms with Gasteiger partial charge >= 0.3 is 11.9 Å². The Balaban J connectivity index is 1.50. The van der Waals surface area contributed by atoms with E-state index < -0.39 is 17.4 Å². The molecule has 2 aromatic carbocycles. The summed E-state index contributed by atoms with van der Waals surface area (Å²) in [6.45, 7) is 5.55. The average Bonchev–Trinajstić information content (AvgIpc) is 3.63. The minimum atomic E-state index is -0.644. The highest BCUT2D eigenvalue weighted by molar-refractivity contribution is 5.94. The van der Waals surface area contributed by atoms with Gasteiger partial charge in [-0.15, -0.1) is 0 Å². The zero-order valence-electron chi connectivity index (χ0n) is 20.1.